The molecule has 0 aliphatic carbocycles. The third-order valence-corrected chi connectivity index (χ3v) is 4.22. The van der Waals surface area contributed by atoms with E-state index in [0.717, 1.165) is 11.6 Å². The number of nitrogens with zero attached hydrogens (tertiary/aromatic N) is 2. The van der Waals surface area contributed by atoms with Gasteiger partial charge < -0.3 is 9.47 Å². The van der Waals surface area contributed by atoms with E-state index in [1.165, 1.54) is 12.1 Å². The van der Waals surface area contributed by atoms with Crippen LogP contribution in [-0.2, 0) is 16.2 Å². The molecule has 1 atom stereocenters. The van der Waals surface area contributed by atoms with Gasteiger partial charge in [-0.3, -0.25) is 9.63 Å². The summed E-state index contributed by atoms with van der Waals surface area (Å²) in [6.45, 7) is 1.69. The van der Waals surface area contributed by atoms with Gasteiger partial charge in [0.1, 0.15) is 23.3 Å². The number of nitriles is 1. The van der Waals surface area contributed by atoms with Crippen LogP contribution in [0.1, 0.15) is 18.1 Å². The van der Waals surface area contributed by atoms with Crippen molar-refractivity contribution in [2.45, 2.75) is 19.6 Å². The molecule has 0 fully saturated rings. The number of hydrogen-bond donors (Lipinski definition) is 1. The van der Waals surface area contributed by atoms with Gasteiger partial charge >= 0.3 is 0 Å². The Morgan fingerprint density at radius 1 is 1.19 bits per heavy atom. The normalized spacial score (nSPS) is 11.3. The van der Waals surface area contributed by atoms with Crippen LogP contribution in [0.15, 0.2) is 60.8 Å². The van der Waals surface area contributed by atoms with Gasteiger partial charge in [0, 0.05) is 6.20 Å². The molecule has 0 aliphatic rings. The molecule has 2 aromatic carbocycles. The lowest BCUT2D eigenvalue weighted by Gasteiger charge is -2.15. The van der Waals surface area contributed by atoms with Crippen LogP contribution in [0.5, 0.6) is 17.2 Å². The molecule has 3 rings (SSSR count). The Kier molecular flexibility index (Phi) is 7.38. The number of halogens is 2. The summed E-state index contributed by atoms with van der Waals surface area (Å²) in [4.78, 5) is 21.2. The van der Waals surface area contributed by atoms with Gasteiger partial charge in [0.05, 0.1) is 11.6 Å². The number of rotatable bonds is 8. The summed E-state index contributed by atoms with van der Waals surface area (Å²) >= 11 is 5.71. The largest absolute Gasteiger partial charge is 0.481 e. The molecule has 1 amide bonds. The van der Waals surface area contributed by atoms with Crippen LogP contribution >= 0.6 is 11.6 Å². The van der Waals surface area contributed by atoms with Crippen molar-refractivity contribution in [1.29, 1.82) is 5.26 Å². The Labute approximate surface area is 182 Å². The maximum atomic E-state index is 13.9. The number of pyridine rings is 1. The summed E-state index contributed by atoms with van der Waals surface area (Å²) < 4.78 is 25.0. The molecule has 9 heteroatoms. The van der Waals surface area contributed by atoms with Crippen LogP contribution < -0.4 is 15.0 Å². The topological polar surface area (TPSA) is 93.5 Å². The first kappa shape index (κ1) is 22.0. The quantitative estimate of drug-likeness (QED) is 0.407. The SMILES string of the molecule is CC(Oc1ccc(Oc2ccc(C#N)cc2F)cc1)C(=O)NOCc1ccc(Cl)nc1. The Hall–Kier alpha value is -3.67. The van der Waals surface area contributed by atoms with Crippen molar-refractivity contribution < 1.29 is 23.5 Å². The number of hydroxylamine groups is 1. The highest BCUT2D eigenvalue weighted by Gasteiger charge is 2.15. The highest BCUT2D eigenvalue weighted by molar-refractivity contribution is 6.29. The molecule has 1 N–H and O–H groups in total. The lowest BCUT2D eigenvalue weighted by atomic mass is 10.2. The molecule has 0 saturated heterocycles. The Morgan fingerprint density at radius 3 is 2.58 bits per heavy atom. The molecule has 1 heterocycles. The molecule has 158 valence electrons. The zero-order valence-electron chi connectivity index (χ0n) is 16.3. The predicted octanol–water partition coefficient (Wildman–Crippen LogP) is 4.55. The number of nitrogens with one attached hydrogen (secondary N) is 1. The van der Waals surface area contributed by atoms with E-state index < -0.39 is 17.8 Å². The van der Waals surface area contributed by atoms with Gasteiger partial charge in [-0.1, -0.05) is 17.7 Å². The first-order valence-electron chi connectivity index (χ1n) is 9.11. The van der Waals surface area contributed by atoms with Gasteiger partial charge in [0.2, 0.25) is 0 Å². The maximum absolute atomic E-state index is 13.9. The fraction of sp³-hybridized carbons (Fsp3) is 0.136. The van der Waals surface area contributed by atoms with Crippen molar-refractivity contribution in [1.82, 2.24) is 10.5 Å². The summed E-state index contributed by atoms with van der Waals surface area (Å²) in [5, 5.41) is 9.15. The Balaban J connectivity index is 1.48. The third kappa shape index (κ3) is 6.40. The van der Waals surface area contributed by atoms with E-state index in [1.54, 1.807) is 49.5 Å². The summed E-state index contributed by atoms with van der Waals surface area (Å²) in [5.41, 5.74) is 3.26. The molecule has 3 aromatic rings. The number of carbonyl (C=O) groups is 1. The second-order valence-corrected chi connectivity index (χ2v) is 6.72. The molecule has 1 aromatic heterocycles. The van der Waals surface area contributed by atoms with Crippen LogP contribution in [0.4, 0.5) is 4.39 Å². The minimum atomic E-state index is -0.828. The molecule has 0 spiro atoms. The molecule has 31 heavy (non-hydrogen) atoms. The second-order valence-electron chi connectivity index (χ2n) is 6.33. The van der Waals surface area contributed by atoms with E-state index in [4.69, 9.17) is 31.2 Å². The number of aromatic nitrogens is 1. The van der Waals surface area contributed by atoms with E-state index in [-0.39, 0.29) is 17.9 Å². The zero-order valence-corrected chi connectivity index (χ0v) is 17.1. The Morgan fingerprint density at radius 2 is 1.94 bits per heavy atom. The molecule has 0 aliphatic heterocycles. The molecule has 1 unspecified atom stereocenters. The first-order valence-corrected chi connectivity index (χ1v) is 9.48. The third-order valence-electron chi connectivity index (χ3n) is 3.99. The molecule has 0 radical (unpaired) electrons. The first-order chi connectivity index (χ1) is 14.9. The minimum Gasteiger partial charge on any atom is -0.481 e. The van der Waals surface area contributed by atoms with Crippen molar-refractivity contribution >= 4 is 17.5 Å². The van der Waals surface area contributed by atoms with Gasteiger partial charge in [-0.05, 0) is 61.0 Å². The predicted molar refractivity (Wildman–Crippen MR) is 110 cm³/mol. The summed E-state index contributed by atoms with van der Waals surface area (Å²) in [6, 6.07) is 15.5. The van der Waals surface area contributed by atoms with Crippen molar-refractivity contribution in [2.75, 3.05) is 0 Å². The lowest BCUT2D eigenvalue weighted by Crippen LogP contribution is -2.36. The van der Waals surface area contributed by atoms with E-state index in [1.807, 2.05) is 6.07 Å². The summed E-state index contributed by atoms with van der Waals surface area (Å²) in [7, 11) is 0. The molecule has 0 saturated carbocycles. The van der Waals surface area contributed by atoms with Crippen molar-refractivity contribution in [3.8, 4) is 23.3 Å². The average Bonchev–Trinajstić information content (AvgIpc) is 2.77. The number of hydrogen-bond acceptors (Lipinski definition) is 6. The lowest BCUT2D eigenvalue weighted by molar-refractivity contribution is -0.141. The van der Waals surface area contributed by atoms with E-state index in [2.05, 4.69) is 10.5 Å². The van der Waals surface area contributed by atoms with E-state index in [9.17, 15) is 9.18 Å². The van der Waals surface area contributed by atoms with Gasteiger partial charge in [-0.25, -0.2) is 14.9 Å². The highest BCUT2D eigenvalue weighted by Crippen LogP contribution is 2.27. The van der Waals surface area contributed by atoms with Crippen molar-refractivity contribution in [3.05, 3.63) is 82.9 Å². The monoisotopic (exact) mass is 441 g/mol. The van der Waals surface area contributed by atoms with Gasteiger partial charge in [-0.15, -0.1) is 0 Å². The van der Waals surface area contributed by atoms with Crippen LogP contribution in [-0.4, -0.2) is 17.0 Å². The smallest absolute Gasteiger partial charge is 0.284 e. The van der Waals surface area contributed by atoms with Gasteiger partial charge in [0.15, 0.2) is 17.7 Å². The zero-order chi connectivity index (χ0) is 22.2. The fourth-order valence-electron chi connectivity index (χ4n) is 2.39. The number of benzene rings is 2. The van der Waals surface area contributed by atoms with Crippen LogP contribution in [0, 0.1) is 17.1 Å². The van der Waals surface area contributed by atoms with Gasteiger partial charge in [0.25, 0.3) is 5.91 Å². The molecule has 0 bridgehead atoms. The van der Waals surface area contributed by atoms with E-state index >= 15 is 0 Å². The number of amides is 1. The summed E-state index contributed by atoms with van der Waals surface area (Å²) in [6.07, 6.45) is 0.716. The van der Waals surface area contributed by atoms with Crippen molar-refractivity contribution in [2.24, 2.45) is 0 Å². The van der Waals surface area contributed by atoms with Crippen molar-refractivity contribution in [3.63, 3.8) is 0 Å². The number of ether oxygens (including phenoxy) is 2. The van der Waals surface area contributed by atoms with E-state index in [0.29, 0.717) is 16.7 Å². The number of carbonyl (C=O) groups excluding carboxylic acids is 1. The Bertz CT molecular complexity index is 1090. The minimum absolute atomic E-state index is 0.00606. The van der Waals surface area contributed by atoms with Crippen LogP contribution in [0.25, 0.3) is 0 Å². The van der Waals surface area contributed by atoms with Gasteiger partial charge in [-0.2, -0.15) is 5.26 Å². The molecule has 7 nitrogen and oxygen atoms in total. The average molecular weight is 442 g/mol. The standard InChI is InChI=1S/C22H17ClFN3O4/c1-14(22(28)27-29-13-16-3-9-21(23)26-12-16)30-17-4-6-18(7-5-17)31-20-8-2-15(11-25)10-19(20)24/h2-10,12,14H,13H2,1H3,(H,27,28). The molecular formula is C22H17ClFN3O4. The highest BCUT2D eigenvalue weighted by atomic mass is 35.5. The summed E-state index contributed by atoms with van der Waals surface area (Å²) in [5.74, 6) is -0.334. The van der Waals surface area contributed by atoms with Crippen LogP contribution in [0.3, 0.4) is 0 Å². The van der Waals surface area contributed by atoms with Crippen LogP contribution in [0.2, 0.25) is 5.15 Å². The maximum Gasteiger partial charge on any atom is 0.284 e. The molecular weight excluding hydrogens is 425 g/mol. The fourth-order valence-corrected chi connectivity index (χ4v) is 2.50. The second kappa shape index (κ2) is 10.4.